The Morgan fingerprint density at radius 3 is 2.34 bits per heavy atom. The quantitative estimate of drug-likeness (QED) is 0.716. The van der Waals surface area contributed by atoms with Gasteiger partial charge in [0.25, 0.3) is 5.91 Å². The van der Waals surface area contributed by atoms with Crippen LogP contribution in [0.1, 0.15) is 22.8 Å². The third-order valence-corrected chi connectivity index (χ3v) is 3.92. The highest BCUT2D eigenvalue weighted by Crippen LogP contribution is 2.30. The standard InChI is InChI=1S/C20H15F3N2O4/c1-11(26)24-18(27)16-9-12-3-8-15(28-2)10-17(12)29-19(16)25-14-6-4-13(5-7-14)20(21,22)23/h3-10H,1-2H3,(H,24,26,27). The van der Waals surface area contributed by atoms with Crippen molar-refractivity contribution in [3.63, 3.8) is 0 Å². The summed E-state index contributed by atoms with van der Waals surface area (Å²) in [7, 11) is 1.48. The molecule has 6 nitrogen and oxygen atoms in total. The maximum Gasteiger partial charge on any atom is 0.416 e. The van der Waals surface area contributed by atoms with E-state index in [1.807, 2.05) is 0 Å². The molecule has 1 aromatic heterocycles. The van der Waals surface area contributed by atoms with E-state index < -0.39 is 23.6 Å². The fourth-order valence-electron chi connectivity index (χ4n) is 2.54. The molecule has 2 amide bonds. The van der Waals surface area contributed by atoms with Crippen molar-refractivity contribution >= 4 is 28.5 Å². The molecule has 0 saturated carbocycles. The number of carbonyl (C=O) groups excluding carboxylic acids is 2. The monoisotopic (exact) mass is 404 g/mol. The number of nitrogens with zero attached hydrogens (tertiary/aromatic N) is 1. The summed E-state index contributed by atoms with van der Waals surface area (Å²) in [6.07, 6.45) is -4.48. The maximum absolute atomic E-state index is 12.7. The van der Waals surface area contributed by atoms with Crippen LogP contribution >= 0.6 is 0 Å². The molecule has 0 bridgehead atoms. The van der Waals surface area contributed by atoms with Crippen LogP contribution in [-0.2, 0) is 11.0 Å². The Labute approximate surface area is 162 Å². The van der Waals surface area contributed by atoms with Gasteiger partial charge < -0.3 is 9.15 Å². The number of methoxy groups -OCH3 is 1. The first-order chi connectivity index (χ1) is 13.7. The highest BCUT2D eigenvalue weighted by atomic mass is 19.4. The fraction of sp³-hybridized carbons (Fsp3) is 0.150. The van der Waals surface area contributed by atoms with Crippen molar-refractivity contribution in [2.75, 3.05) is 7.11 Å². The van der Waals surface area contributed by atoms with Gasteiger partial charge in [0.1, 0.15) is 16.9 Å². The lowest BCUT2D eigenvalue weighted by atomic mass is 10.1. The molecule has 0 aliphatic carbocycles. The summed E-state index contributed by atoms with van der Waals surface area (Å²) in [5, 5.41) is 2.68. The van der Waals surface area contributed by atoms with Crippen molar-refractivity contribution in [3.8, 4) is 5.75 Å². The third kappa shape index (κ3) is 4.63. The first kappa shape index (κ1) is 20.1. The number of benzene rings is 2. The lowest BCUT2D eigenvalue weighted by molar-refractivity contribution is -0.137. The van der Waals surface area contributed by atoms with Crippen molar-refractivity contribution in [2.45, 2.75) is 13.1 Å². The predicted octanol–water partition coefficient (Wildman–Crippen LogP) is 3.97. The number of hydrogen-bond donors (Lipinski definition) is 1. The first-order valence-corrected chi connectivity index (χ1v) is 8.33. The largest absolute Gasteiger partial charge is 0.497 e. The van der Waals surface area contributed by atoms with Crippen LogP contribution in [0.4, 0.5) is 18.9 Å². The van der Waals surface area contributed by atoms with Crippen LogP contribution in [0.2, 0.25) is 0 Å². The minimum atomic E-state index is -4.48. The molecule has 0 aliphatic heterocycles. The van der Waals surface area contributed by atoms with E-state index in [-0.39, 0.29) is 16.8 Å². The van der Waals surface area contributed by atoms with Gasteiger partial charge in [-0.1, -0.05) is 0 Å². The lowest BCUT2D eigenvalue weighted by Crippen LogP contribution is -2.32. The van der Waals surface area contributed by atoms with Crippen LogP contribution in [0.5, 0.6) is 5.75 Å². The summed E-state index contributed by atoms with van der Waals surface area (Å²) in [5.41, 5.74) is -0.552. The molecular weight excluding hydrogens is 389 g/mol. The van der Waals surface area contributed by atoms with Crippen LogP contribution in [0.15, 0.2) is 57.9 Å². The smallest absolute Gasteiger partial charge is 0.416 e. The number of halogens is 3. The summed E-state index contributed by atoms with van der Waals surface area (Å²) in [4.78, 5) is 27.8. The summed E-state index contributed by atoms with van der Waals surface area (Å²) in [6.45, 7) is 1.17. The molecular formula is C20H15F3N2O4. The average molecular weight is 404 g/mol. The lowest BCUT2D eigenvalue weighted by Gasteiger charge is -2.07. The molecule has 1 N–H and O–H groups in total. The molecule has 0 aliphatic rings. The number of ether oxygens (including phenoxy) is 1. The summed E-state index contributed by atoms with van der Waals surface area (Å²) in [5.74, 6) is -0.822. The summed E-state index contributed by atoms with van der Waals surface area (Å²) < 4.78 is 49.0. The van der Waals surface area contributed by atoms with Crippen LogP contribution in [0, 0.1) is 0 Å². The molecule has 0 radical (unpaired) electrons. The topological polar surface area (TPSA) is 80.9 Å². The Balaban J connectivity index is 2.17. The van der Waals surface area contributed by atoms with Gasteiger partial charge in [-0.15, -0.1) is 0 Å². The van der Waals surface area contributed by atoms with Gasteiger partial charge in [-0.25, -0.2) is 4.99 Å². The van der Waals surface area contributed by atoms with Gasteiger partial charge in [0.05, 0.1) is 18.4 Å². The minimum absolute atomic E-state index is 0.0437. The second-order valence-electron chi connectivity index (χ2n) is 6.04. The number of imide groups is 1. The molecule has 29 heavy (non-hydrogen) atoms. The molecule has 0 atom stereocenters. The molecule has 1 heterocycles. The third-order valence-electron chi connectivity index (χ3n) is 3.92. The van der Waals surface area contributed by atoms with Crippen molar-refractivity contribution in [2.24, 2.45) is 4.99 Å². The van der Waals surface area contributed by atoms with E-state index in [0.717, 1.165) is 24.3 Å². The van der Waals surface area contributed by atoms with Crippen molar-refractivity contribution < 1.29 is 31.9 Å². The number of nitrogens with one attached hydrogen (secondary N) is 1. The van der Waals surface area contributed by atoms with E-state index in [1.54, 1.807) is 18.2 Å². The Morgan fingerprint density at radius 1 is 1.07 bits per heavy atom. The van der Waals surface area contributed by atoms with Crippen LogP contribution in [-0.4, -0.2) is 18.9 Å². The fourth-order valence-corrected chi connectivity index (χ4v) is 2.54. The zero-order valence-corrected chi connectivity index (χ0v) is 15.3. The van der Waals surface area contributed by atoms with Gasteiger partial charge in [-0.05, 0) is 42.5 Å². The van der Waals surface area contributed by atoms with E-state index in [0.29, 0.717) is 16.7 Å². The highest BCUT2D eigenvalue weighted by molar-refractivity contribution is 6.05. The van der Waals surface area contributed by atoms with Gasteiger partial charge in [-0.3, -0.25) is 14.9 Å². The second kappa shape index (κ2) is 7.78. The van der Waals surface area contributed by atoms with Crippen molar-refractivity contribution in [3.05, 3.63) is 65.2 Å². The first-order valence-electron chi connectivity index (χ1n) is 8.33. The number of alkyl halides is 3. The molecule has 3 rings (SSSR count). The molecule has 3 aromatic rings. The molecule has 9 heteroatoms. The normalized spacial score (nSPS) is 12.1. The maximum atomic E-state index is 12.7. The number of fused-ring (bicyclic) bond motifs is 1. The second-order valence-corrected chi connectivity index (χ2v) is 6.04. The Hall–Kier alpha value is -3.62. The molecule has 0 saturated heterocycles. The Bertz CT molecular complexity index is 1150. The van der Waals surface area contributed by atoms with E-state index >= 15 is 0 Å². The number of amides is 2. The Kier molecular flexibility index (Phi) is 5.40. The number of carbonyl (C=O) groups is 2. The Morgan fingerprint density at radius 2 is 1.76 bits per heavy atom. The van der Waals surface area contributed by atoms with Gasteiger partial charge in [0.2, 0.25) is 11.5 Å². The molecule has 0 spiro atoms. The summed E-state index contributed by atoms with van der Waals surface area (Å²) in [6, 6.07) is 10.4. The van der Waals surface area contributed by atoms with E-state index in [9.17, 15) is 22.8 Å². The van der Waals surface area contributed by atoms with Gasteiger partial charge in [0, 0.05) is 18.4 Å². The zero-order chi connectivity index (χ0) is 21.2. The predicted molar refractivity (Wildman–Crippen MR) is 97.6 cm³/mol. The van der Waals surface area contributed by atoms with Gasteiger partial charge >= 0.3 is 6.18 Å². The molecule has 2 aromatic carbocycles. The van der Waals surface area contributed by atoms with Crippen molar-refractivity contribution in [1.29, 1.82) is 0 Å². The highest BCUT2D eigenvalue weighted by Gasteiger charge is 2.29. The van der Waals surface area contributed by atoms with Crippen LogP contribution in [0.25, 0.3) is 11.0 Å². The number of rotatable bonds is 3. The van der Waals surface area contributed by atoms with Crippen LogP contribution < -0.4 is 15.6 Å². The molecule has 150 valence electrons. The average Bonchev–Trinajstić information content (AvgIpc) is 2.66. The van der Waals surface area contributed by atoms with Gasteiger partial charge in [-0.2, -0.15) is 13.2 Å². The van der Waals surface area contributed by atoms with E-state index in [4.69, 9.17) is 9.15 Å². The SMILES string of the molecule is COc1ccc2cc(C(=O)NC(C)=O)c(=Nc3ccc(C(F)(F)F)cc3)oc2c1. The molecule has 0 fully saturated rings. The van der Waals surface area contributed by atoms with Crippen molar-refractivity contribution in [1.82, 2.24) is 5.32 Å². The summed E-state index contributed by atoms with van der Waals surface area (Å²) >= 11 is 0. The van der Waals surface area contributed by atoms with Crippen LogP contribution in [0.3, 0.4) is 0 Å². The molecule has 0 unspecified atom stereocenters. The van der Waals surface area contributed by atoms with Gasteiger partial charge in [0.15, 0.2) is 0 Å². The zero-order valence-electron chi connectivity index (χ0n) is 15.3. The van der Waals surface area contributed by atoms with E-state index in [2.05, 4.69) is 10.3 Å². The van der Waals surface area contributed by atoms with E-state index in [1.165, 1.54) is 20.1 Å². The minimum Gasteiger partial charge on any atom is -0.497 e. The number of hydrogen-bond acceptors (Lipinski definition) is 5.